The lowest BCUT2D eigenvalue weighted by molar-refractivity contribution is -0.149. The average molecular weight is 277 g/mol. The number of hydrogen-bond acceptors (Lipinski definition) is 5. The monoisotopic (exact) mass is 277 g/mol. The largest absolute Gasteiger partial charge is 0.468 e. The summed E-state index contributed by atoms with van der Waals surface area (Å²) >= 11 is 0. The molecule has 0 radical (unpaired) electrons. The quantitative estimate of drug-likeness (QED) is 0.661. The van der Waals surface area contributed by atoms with Gasteiger partial charge in [-0.05, 0) is 12.3 Å². The molecule has 2 fully saturated rings. The Bertz CT molecular complexity index is 404. The first-order valence-electron chi connectivity index (χ1n) is 6.19. The molecule has 104 valence electrons. The van der Waals surface area contributed by atoms with Gasteiger partial charge in [0.1, 0.15) is 6.04 Å². The first-order chi connectivity index (χ1) is 8.54. The summed E-state index contributed by atoms with van der Waals surface area (Å²) in [5.41, 5.74) is 0. The Labute approximate surface area is 107 Å². The molecule has 1 heterocycles. The third-order valence-corrected chi connectivity index (χ3v) is 5.29. The number of esters is 1. The van der Waals surface area contributed by atoms with Crippen LogP contribution in [0.2, 0.25) is 0 Å². The summed E-state index contributed by atoms with van der Waals surface area (Å²) in [6, 6.07) is -0.826. The van der Waals surface area contributed by atoms with Gasteiger partial charge in [-0.2, -0.15) is 4.31 Å². The van der Waals surface area contributed by atoms with Gasteiger partial charge in [0, 0.05) is 6.54 Å². The van der Waals surface area contributed by atoms with Crippen molar-refractivity contribution in [1.82, 2.24) is 4.31 Å². The summed E-state index contributed by atoms with van der Waals surface area (Å²) in [5.74, 6) is 0.118. The Hall–Kier alpha value is -0.660. The van der Waals surface area contributed by atoms with E-state index < -0.39 is 22.0 Å². The smallest absolute Gasteiger partial charge is 0.326 e. The molecule has 6 nitrogen and oxygen atoms in total. The molecule has 1 aliphatic heterocycles. The van der Waals surface area contributed by atoms with Gasteiger partial charge in [-0.15, -0.1) is 0 Å². The molecular formula is C11H19NO5S. The van der Waals surface area contributed by atoms with Gasteiger partial charge in [-0.1, -0.05) is 12.8 Å². The summed E-state index contributed by atoms with van der Waals surface area (Å²) in [5, 5.41) is 0. The molecule has 0 spiro atoms. The molecule has 0 amide bonds. The average Bonchev–Trinajstić information content (AvgIpc) is 3.19. The predicted octanol–water partition coefficient (Wildman–Crippen LogP) is -0.00990. The zero-order valence-corrected chi connectivity index (χ0v) is 11.3. The highest BCUT2D eigenvalue weighted by Gasteiger charge is 2.38. The maximum atomic E-state index is 12.2. The number of sulfonamides is 1. The van der Waals surface area contributed by atoms with Crippen LogP contribution in [0.15, 0.2) is 0 Å². The second kappa shape index (κ2) is 5.54. The second-order valence-corrected chi connectivity index (χ2v) is 6.81. The van der Waals surface area contributed by atoms with Crippen LogP contribution in [0.1, 0.15) is 19.3 Å². The summed E-state index contributed by atoms with van der Waals surface area (Å²) in [7, 11) is -2.13. The lowest BCUT2D eigenvalue weighted by Gasteiger charge is -2.32. The van der Waals surface area contributed by atoms with E-state index in [1.165, 1.54) is 11.4 Å². The zero-order chi connectivity index (χ0) is 13.2. The molecule has 7 heteroatoms. The fourth-order valence-corrected chi connectivity index (χ4v) is 3.84. The van der Waals surface area contributed by atoms with Crippen molar-refractivity contribution in [2.75, 3.05) is 32.6 Å². The molecule has 1 atom stereocenters. The van der Waals surface area contributed by atoms with Crippen molar-refractivity contribution in [3.63, 3.8) is 0 Å². The fraction of sp³-hybridized carbons (Fsp3) is 0.909. The molecular weight excluding hydrogens is 258 g/mol. The number of nitrogens with zero attached hydrogens (tertiary/aromatic N) is 1. The van der Waals surface area contributed by atoms with Crippen LogP contribution >= 0.6 is 0 Å². The van der Waals surface area contributed by atoms with E-state index in [2.05, 4.69) is 4.74 Å². The first-order valence-corrected chi connectivity index (χ1v) is 7.80. The predicted molar refractivity (Wildman–Crippen MR) is 64.5 cm³/mol. The molecule has 0 aromatic carbocycles. The number of morpholine rings is 1. The SMILES string of the molecule is COC(=O)C1COCCN1S(=O)(=O)CCC1CC1. The van der Waals surface area contributed by atoms with Crippen LogP contribution in [-0.2, 0) is 24.3 Å². The van der Waals surface area contributed by atoms with Crippen LogP contribution in [0.3, 0.4) is 0 Å². The van der Waals surface area contributed by atoms with Crippen LogP contribution < -0.4 is 0 Å². The van der Waals surface area contributed by atoms with Crippen LogP contribution in [0.5, 0.6) is 0 Å². The minimum absolute atomic E-state index is 0.0787. The van der Waals surface area contributed by atoms with Crippen molar-refractivity contribution < 1.29 is 22.7 Å². The van der Waals surface area contributed by atoms with Gasteiger partial charge in [0.25, 0.3) is 0 Å². The van der Waals surface area contributed by atoms with E-state index in [1.807, 2.05) is 0 Å². The molecule has 0 N–H and O–H groups in total. The highest BCUT2D eigenvalue weighted by Crippen LogP contribution is 2.33. The Morgan fingerprint density at radius 1 is 1.44 bits per heavy atom. The maximum Gasteiger partial charge on any atom is 0.326 e. The molecule has 2 rings (SSSR count). The van der Waals surface area contributed by atoms with Gasteiger partial charge in [0.05, 0.1) is 26.1 Å². The molecule has 1 saturated carbocycles. The Morgan fingerprint density at radius 2 is 2.17 bits per heavy atom. The maximum absolute atomic E-state index is 12.2. The van der Waals surface area contributed by atoms with Crippen LogP contribution in [0.25, 0.3) is 0 Å². The molecule has 0 aromatic rings. The van der Waals surface area contributed by atoms with Gasteiger partial charge in [-0.25, -0.2) is 8.42 Å². The highest BCUT2D eigenvalue weighted by atomic mass is 32.2. The lowest BCUT2D eigenvalue weighted by Crippen LogP contribution is -2.53. The number of carbonyl (C=O) groups is 1. The topological polar surface area (TPSA) is 72.9 Å². The van der Waals surface area contributed by atoms with E-state index in [0.717, 1.165) is 12.8 Å². The second-order valence-electron chi connectivity index (χ2n) is 4.77. The van der Waals surface area contributed by atoms with E-state index in [0.29, 0.717) is 18.9 Å². The number of ether oxygens (including phenoxy) is 2. The molecule has 1 aliphatic carbocycles. The Balaban J connectivity index is 2.03. The van der Waals surface area contributed by atoms with Gasteiger partial charge in [0.15, 0.2) is 0 Å². The summed E-state index contributed by atoms with van der Waals surface area (Å²) in [4.78, 5) is 11.6. The third-order valence-electron chi connectivity index (χ3n) is 3.39. The van der Waals surface area contributed by atoms with Crippen molar-refractivity contribution in [2.45, 2.75) is 25.3 Å². The van der Waals surface area contributed by atoms with Gasteiger partial charge in [-0.3, -0.25) is 4.79 Å². The van der Waals surface area contributed by atoms with E-state index >= 15 is 0 Å². The van der Waals surface area contributed by atoms with Gasteiger partial charge in [0.2, 0.25) is 10.0 Å². The van der Waals surface area contributed by atoms with Crippen molar-refractivity contribution in [3.8, 4) is 0 Å². The van der Waals surface area contributed by atoms with Crippen molar-refractivity contribution in [3.05, 3.63) is 0 Å². The van der Waals surface area contributed by atoms with Crippen molar-refractivity contribution in [1.29, 1.82) is 0 Å². The van der Waals surface area contributed by atoms with E-state index in [4.69, 9.17) is 4.74 Å². The first kappa shape index (κ1) is 13.8. The summed E-state index contributed by atoms with van der Waals surface area (Å²) in [6.45, 7) is 0.637. The highest BCUT2D eigenvalue weighted by molar-refractivity contribution is 7.89. The minimum Gasteiger partial charge on any atom is -0.468 e. The van der Waals surface area contributed by atoms with Crippen LogP contribution in [-0.4, -0.2) is 57.4 Å². The lowest BCUT2D eigenvalue weighted by atomic mass is 10.3. The zero-order valence-electron chi connectivity index (χ0n) is 10.5. The Kier molecular flexibility index (Phi) is 4.24. The summed E-state index contributed by atoms with van der Waals surface area (Å²) < 4.78 is 35.5. The molecule has 1 saturated heterocycles. The Morgan fingerprint density at radius 3 is 2.78 bits per heavy atom. The molecule has 0 aromatic heterocycles. The van der Waals surface area contributed by atoms with Gasteiger partial charge < -0.3 is 9.47 Å². The van der Waals surface area contributed by atoms with Crippen molar-refractivity contribution in [2.24, 2.45) is 5.92 Å². The molecule has 18 heavy (non-hydrogen) atoms. The number of methoxy groups -OCH3 is 1. The van der Waals surface area contributed by atoms with Gasteiger partial charge >= 0.3 is 5.97 Å². The molecule has 1 unspecified atom stereocenters. The van der Waals surface area contributed by atoms with E-state index in [9.17, 15) is 13.2 Å². The number of carbonyl (C=O) groups excluding carboxylic acids is 1. The van der Waals surface area contributed by atoms with Crippen LogP contribution in [0.4, 0.5) is 0 Å². The van der Waals surface area contributed by atoms with Crippen molar-refractivity contribution >= 4 is 16.0 Å². The number of hydrogen-bond donors (Lipinski definition) is 0. The third kappa shape index (κ3) is 3.21. The normalized spacial score (nSPS) is 25.9. The molecule has 0 bridgehead atoms. The summed E-state index contributed by atoms with van der Waals surface area (Å²) in [6.07, 6.45) is 2.94. The standard InChI is InChI=1S/C11H19NO5S/c1-16-11(13)10-8-17-6-5-12(10)18(14,15)7-4-9-2-3-9/h9-10H,2-8H2,1H3. The minimum atomic E-state index is -3.39. The number of rotatable bonds is 5. The van der Waals surface area contributed by atoms with Crippen LogP contribution in [0, 0.1) is 5.92 Å². The van der Waals surface area contributed by atoms with E-state index in [1.54, 1.807) is 0 Å². The van der Waals surface area contributed by atoms with E-state index in [-0.39, 0.29) is 18.9 Å². The molecule has 2 aliphatic rings. The fourth-order valence-electron chi connectivity index (χ4n) is 2.08.